The summed E-state index contributed by atoms with van der Waals surface area (Å²) in [6, 6.07) is 6.96. The lowest BCUT2D eigenvalue weighted by atomic mass is 9.92. The fourth-order valence-corrected chi connectivity index (χ4v) is 3.89. The topological polar surface area (TPSA) is 27.8 Å². The van der Waals surface area contributed by atoms with Crippen LogP contribution in [0.25, 0.3) is 10.9 Å². The molecule has 2 aromatic rings. The molecule has 0 saturated heterocycles. The number of nitrogens with one attached hydrogen (secondary N) is 2. The minimum absolute atomic E-state index is 0.243. The first kappa shape index (κ1) is 14.5. The first-order valence-corrected chi connectivity index (χ1v) is 8.78. The molecule has 1 unspecified atom stereocenters. The predicted molar refractivity (Wildman–Crippen MR) is 92.2 cm³/mol. The molecule has 20 heavy (non-hydrogen) atoms. The van der Waals surface area contributed by atoms with E-state index in [9.17, 15) is 0 Å². The molecule has 0 bridgehead atoms. The number of aryl methyl sites for hydroxylation is 1. The Hall–Kier alpha value is -0.450. The Morgan fingerprint density at radius 1 is 1.35 bits per heavy atom. The van der Waals surface area contributed by atoms with Gasteiger partial charge in [-0.05, 0) is 63.8 Å². The summed E-state index contributed by atoms with van der Waals surface area (Å²) < 4.78 is 5.07. The molecule has 2 N–H and O–H groups in total. The number of hydrogen-bond acceptors (Lipinski definition) is 2. The second kappa shape index (κ2) is 5.39. The molecular formula is C16H21BrN2S. The fraction of sp³-hybridized carbons (Fsp3) is 0.500. The van der Waals surface area contributed by atoms with Gasteiger partial charge in [-0.2, -0.15) is 0 Å². The molecule has 0 fully saturated rings. The molecule has 0 radical (unpaired) electrons. The van der Waals surface area contributed by atoms with Crippen molar-refractivity contribution in [3.8, 4) is 0 Å². The maximum atomic E-state index is 3.67. The summed E-state index contributed by atoms with van der Waals surface area (Å²) in [6.45, 7) is 6.74. The van der Waals surface area contributed by atoms with Crippen LogP contribution in [0.15, 0.2) is 22.7 Å². The van der Waals surface area contributed by atoms with Crippen LogP contribution in [0.3, 0.4) is 0 Å². The van der Waals surface area contributed by atoms with Crippen LogP contribution in [-0.4, -0.2) is 9.73 Å². The number of aromatic amines is 1. The Bertz CT molecular complexity index is 627. The van der Waals surface area contributed by atoms with Gasteiger partial charge in [-0.3, -0.25) is 4.72 Å². The van der Waals surface area contributed by atoms with E-state index in [2.05, 4.69) is 64.6 Å². The van der Waals surface area contributed by atoms with Gasteiger partial charge in [-0.1, -0.05) is 27.9 Å². The lowest BCUT2D eigenvalue weighted by Crippen LogP contribution is -2.24. The van der Waals surface area contributed by atoms with Crippen molar-refractivity contribution in [1.82, 2.24) is 9.71 Å². The number of halogens is 1. The van der Waals surface area contributed by atoms with Crippen LogP contribution in [0, 0.1) is 0 Å². The number of benzene rings is 1. The van der Waals surface area contributed by atoms with E-state index >= 15 is 0 Å². The molecular weight excluding hydrogens is 332 g/mol. The summed E-state index contributed by atoms with van der Waals surface area (Å²) in [6.07, 6.45) is 3.66. The second-order valence-electron chi connectivity index (χ2n) is 6.48. The van der Waals surface area contributed by atoms with Gasteiger partial charge in [0.05, 0.1) is 6.04 Å². The van der Waals surface area contributed by atoms with Crippen LogP contribution in [0.5, 0.6) is 0 Å². The Labute approximate surface area is 133 Å². The van der Waals surface area contributed by atoms with Crippen LogP contribution in [-0.2, 0) is 6.42 Å². The van der Waals surface area contributed by atoms with Crippen molar-refractivity contribution in [3.05, 3.63) is 33.9 Å². The maximum Gasteiger partial charge on any atom is 0.0575 e. The first-order valence-electron chi connectivity index (χ1n) is 7.17. The predicted octanol–water partition coefficient (Wildman–Crippen LogP) is 5.34. The van der Waals surface area contributed by atoms with E-state index in [1.807, 2.05) is 11.9 Å². The van der Waals surface area contributed by atoms with E-state index in [0.29, 0.717) is 6.04 Å². The normalized spacial score (nSPS) is 19.3. The van der Waals surface area contributed by atoms with Gasteiger partial charge >= 0.3 is 0 Å². The van der Waals surface area contributed by atoms with E-state index in [-0.39, 0.29) is 4.75 Å². The van der Waals surface area contributed by atoms with Gasteiger partial charge in [0.25, 0.3) is 0 Å². The lowest BCUT2D eigenvalue weighted by Gasteiger charge is -2.27. The fourth-order valence-electron chi connectivity index (χ4n) is 2.80. The van der Waals surface area contributed by atoms with Crippen molar-refractivity contribution in [2.45, 2.75) is 50.8 Å². The third-order valence-corrected chi connectivity index (χ3v) is 5.18. The summed E-state index contributed by atoms with van der Waals surface area (Å²) >= 11 is 5.42. The lowest BCUT2D eigenvalue weighted by molar-refractivity contribution is 0.532. The van der Waals surface area contributed by atoms with Gasteiger partial charge in [-0.25, -0.2) is 0 Å². The van der Waals surface area contributed by atoms with Gasteiger partial charge in [0.2, 0.25) is 0 Å². The minimum Gasteiger partial charge on any atom is -0.357 e. The SMILES string of the molecule is CC(C)(C)SNC1CCCc2c1[nH]c1ccc(Br)cc21. The first-order chi connectivity index (χ1) is 9.44. The smallest absolute Gasteiger partial charge is 0.0575 e. The highest BCUT2D eigenvalue weighted by atomic mass is 79.9. The number of hydrogen-bond donors (Lipinski definition) is 2. The molecule has 1 aromatic heterocycles. The van der Waals surface area contributed by atoms with Crippen LogP contribution in [0.1, 0.15) is 50.9 Å². The van der Waals surface area contributed by atoms with Gasteiger partial charge in [0.15, 0.2) is 0 Å². The summed E-state index contributed by atoms with van der Waals surface area (Å²) in [5.74, 6) is 0. The molecule has 1 atom stereocenters. The van der Waals surface area contributed by atoms with Gasteiger partial charge in [0.1, 0.15) is 0 Å². The molecule has 1 heterocycles. The summed E-state index contributed by atoms with van der Waals surface area (Å²) in [4.78, 5) is 3.63. The zero-order valence-corrected chi connectivity index (χ0v) is 14.6. The highest BCUT2D eigenvalue weighted by molar-refractivity contribution is 9.10. The molecule has 0 amide bonds. The second-order valence-corrected chi connectivity index (χ2v) is 9.06. The van der Waals surface area contributed by atoms with Gasteiger partial charge in [-0.15, -0.1) is 0 Å². The van der Waals surface area contributed by atoms with Crippen LogP contribution in [0.4, 0.5) is 0 Å². The van der Waals surface area contributed by atoms with Crippen molar-refractivity contribution < 1.29 is 0 Å². The van der Waals surface area contributed by atoms with E-state index in [1.165, 1.54) is 41.4 Å². The molecule has 0 aliphatic heterocycles. The number of fused-ring (bicyclic) bond motifs is 3. The van der Waals surface area contributed by atoms with Crippen molar-refractivity contribution in [2.24, 2.45) is 0 Å². The Morgan fingerprint density at radius 3 is 2.90 bits per heavy atom. The average Bonchev–Trinajstić information content (AvgIpc) is 2.74. The summed E-state index contributed by atoms with van der Waals surface area (Å²) in [5.41, 5.74) is 4.15. The standard InChI is InChI=1S/C16H21BrN2S/c1-16(2,3)20-19-14-6-4-5-11-12-9-10(17)7-8-13(12)18-15(11)14/h7-9,14,18-19H,4-6H2,1-3H3. The van der Waals surface area contributed by atoms with Crippen LogP contribution in [0.2, 0.25) is 0 Å². The largest absolute Gasteiger partial charge is 0.357 e. The molecule has 0 spiro atoms. The number of rotatable bonds is 2. The van der Waals surface area contributed by atoms with E-state index in [1.54, 1.807) is 0 Å². The maximum absolute atomic E-state index is 3.67. The van der Waals surface area contributed by atoms with Crippen molar-refractivity contribution >= 4 is 38.8 Å². The van der Waals surface area contributed by atoms with E-state index < -0.39 is 0 Å². The van der Waals surface area contributed by atoms with Crippen molar-refractivity contribution in [1.29, 1.82) is 0 Å². The Morgan fingerprint density at radius 2 is 2.15 bits per heavy atom. The molecule has 1 aliphatic carbocycles. The van der Waals surface area contributed by atoms with E-state index in [4.69, 9.17) is 0 Å². The number of H-pyrrole nitrogens is 1. The molecule has 0 saturated carbocycles. The molecule has 3 rings (SSSR count). The number of aromatic nitrogens is 1. The molecule has 1 aromatic carbocycles. The van der Waals surface area contributed by atoms with Gasteiger partial charge in [0, 0.05) is 25.8 Å². The third kappa shape index (κ3) is 2.92. The zero-order valence-electron chi connectivity index (χ0n) is 12.2. The molecule has 2 nitrogen and oxygen atoms in total. The van der Waals surface area contributed by atoms with Crippen LogP contribution >= 0.6 is 27.9 Å². The minimum atomic E-state index is 0.243. The Balaban J connectivity index is 1.94. The molecule has 4 heteroatoms. The Kier molecular flexibility index (Phi) is 3.91. The quantitative estimate of drug-likeness (QED) is 0.713. The highest BCUT2D eigenvalue weighted by Gasteiger charge is 2.25. The summed E-state index contributed by atoms with van der Waals surface area (Å²) in [5, 5.41) is 1.38. The van der Waals surface area contributed by atoms with Gasteiger partial charge < -0.3 is 4.98 Å². The monoisotopic (exact) mass is 352 g/mol. The highest BCUT2D eigenvalue weighted by Crippen LogP contribution is 2.37. The summed E-state index contributed by atoms with van der Waals surface area (Å²) in [7, 11) is 0. The van der Waals surface area contributed by atoms with Crippen molar-refractivity contribution in [3.63, 3.8) is 0 Å². The molecule has 108 valence electrons. The van der Waals surface area contributed by atoms with E-state index in [0.717, 1.165) is 4.47 Å². The van der Waals surface area contributed by atoms with Crippen LogP contribution < -0.4 is 4.72 Å². The van der Waals surface area contributed by atoms with Crippen molar-refractivity contribution in [2.75, 3.05) is 0 Å². The average molecular weight is 353 g/mol. The zero-order chi connectivity index (χ0) is 14.3. The third-order valence-electron chi connectivity index (χ3n) is 3.68. The molecule has 1 aliphatic rings.